The predicted octanol–water partition coefficient (Wildman–Crippen LogP) is 3.43. The molecule has 1 aliphatic heterocycles. The zero-order valence-corrected chi connectivity index (χ0v) is 12.4. The smallest absolute Gasteiger partial charge is 0.302 e. The number of unbranched alkanes of at least 4 members (excludes halogenated alkanes) is 6. The fourth-order valence-corrected chi connectivity index (χ4v) is 2.23. The average molecular weight is 272 g/mol. The molecule has 1 heterocycles. The molecule has 19 heavy (non-hydrogen) atoms. The molecule has 0 radical (unpaired) electrons. The summed E-state index contributed by atoms with van der Waals surface area (Å²) in [4.78, 5) is 10.7. The lowest BCUT2D eigenvalue weighted by Gasteiger charge is -2.11. The Morgan fingerprint density at radius 2 is 1.84 bits per heavy atom. The van der Waals surface area contributed by atoms with E-state index in [4.69, 9.17) is 14.2 Å². The summed E-state index contributed by atoms with van der Waals surface area (Å²) in [5.41, 5.74) is 0. The lowest BCUT2D eigenvalue weighted by molar-refractivity contribution is -0.145. The van der Waals surface area contributed by atoms with E-state index in [-0.39, 0.29) is 18.4 Å². The van der Waals surface area contributed by atoms with Crippen molar-refractivity contribution in [1.82, 2.24) is 0 Å². The first-order valence-electron chi connectivity index (χ1n) is 7.62. The molecule has 1 saturated heterocycles. The van der Waals surface area contributed by atoms with Crippen LogP contribution in [0.5, 0.6) is 0 Å². The van der Waals surface area contributed by atoms with Gasteiger partial charge in [0, 0.05) is 6.92 Å². The van der Waals surface area contributed by atoms with E-state index in [1.54, 1.807) is 0 Å². The Labute approximate surface area is 116 Å². The zero-order valence-electron chi connectivity index (χ0n) is 12.4. The molecule has 2 unspecified atom stereocenters. The largest absolute Gasteiger partial charge is 0.463 e. The van der Waals surface area contributed by atoms with E-state index in [2.05, 4.69) is 6.92 Å². The normalized spacial score (nSPS) is 22.6. The van der Waals surface area contributed by atoms with E-state index >= 15 is 0 Å². The van der Waals surface area contributed by atoms with Crippen LogP contribution in [-0.4, -0.2) is 31.6 Å². The molecule has 0 aromatic carbocycles. The number of ether oxygens (including phenoxy) is 3. The number of carbonyl (C=O) groups excluding carboxylic acids is 1. The van der Waals surface area contributed by atoms with Crippen molar-refractivity contribution in [3.05, 3.63) is 0 Å². The van der Waals surface area contributed by atoms with Gasteiger partial charge in [-0.05, 0) is 12.8 Å². The molecule has 0 aliphatic carbocycles. The van der Waals surface area contributed by atoms with Crippen LogP contribution in [0.2, 0.25) is 0 Å². The molecule has 0 bridgehead atoms. The first kappa shape index (κ1) is 16.4. The summed E-state index contributed by atoms with van der Waals surface area (Å²) in [7, 11) is 0. The van der Waals surface area contributed by atoms with Gasteiger partial charge in [-0.2, -0.15) is 0 Å². The van der Waals surface area contributed by atoms with Crippen LogP contribution in [-0.2, 0) is 19.0 Å². The van der Waals surface area contributed by atoms with E-state index < -0.39 is 0 Å². The van der Waals surface area contributed by atoms with E-state index in [1.165, 1.54) is 45.4 Å². The zero-order chi connectivity index (χ0) is 13.9. The Hall–Kier alpha value is -0.610. The van der Waals surface area contributed by atoms with E-state index in [9.17, 15) is 4.79 Å². The second kappa shape index (κ2) is 10.2. The predicted molar refractivity (Wildman–Crippen MR) is 73.9 cm³/mol. The molecule has 0 saturated carbocycles. The highest BCUT2D eigenvalue weighted by Crippen LogP contribution is 2.18. The molecule has 1 fully saturated rings. The molecule has 4 heteroatoms. The Bertz CT molecular complexity index is 242. The third-order valence-electron chi connectivity index (χ3n) is 3.33. The van der Waals surface area contributed by atoms with Crippen molar-refractivity contribution in [2.75, 3.05) is 13.2 Å². The average Bonchev–Trinajstić information content (AvgIpc) is 2.83. The SMILES string of the molecule is CCCCCCCCCC1OCC(COC(C)=O)O1. The number of carbonyl (C=O) groups is 1. The summed E-state index contributed by atoms with van der Waals surface area (Å²) in [6.07, 6.45) is 9.83. The maximum atomic E-state index is 10.7. The molecule has 0 N–H and O–H groups in total. The van der Waals surface area contributed by atoms with Crippen molar-refractivity contribution in [2.45, 2.75) is 77.6 Å². The standard InChI is InChI=1S/C15H28O4/c1-3-4-5-6-7-8-9-10-15-18-12-14(19-15)11-17-13(2)16/h14-15H,3-12H2,1-2H3. The van der Waals surface area contributed by atoms with Crippen LogP contribution in [0.3, 0.4) is 0 Å². The first-order valence-corrected chi connectivity index (χ1v) is 7.62. The van der Waals surface area contributed by atoms with E-state index in [0.717, 1.165) is 12.8 Å². The van der Waals surface area contributed by atoms with Gasteiger partial charge in [0.15, 0.2) is 6.29 Å². The highest BCUT2D eigenvalue weighted by molar-refractivity contribution is 5.65. The third-order valence-corrected chi connectivity index (χ3v) is 3.33. The first-order chi connectivity index (χ1) is 9.22. The van der Waals surface area contributed by atoms with Gasteiger partial charge in [-0.25, -0.2) is 0 Å². The van der Waals surface area contributed by atoms with Crippen molar-refractivity contribution >= 4 is 5.97 Å². The molecular weight excluding hydrogens is 244 g/mol. The van der Waals surface area contributed by atoms with Crippen molar-refractivity contribution in [3.8, 4) is 0 Å². The Morgan fingerprint density at radius 1 is 1.16 bits per heavy atom. The van der Waals surface area contributed by atoms with Crippen molar-refractivity contribution in [2.24, 2.45) is 0 Å². The van der Waals surface area contributed by atoms with Gasteiger partial charge in [-0.15, -0.1) is 0 Å². The molecule has 0 aromatic heterocycles. The summed E-state index contributed by atoms with van der Waals surface area (Å²) in [5.74, 6) is -0.265. The maximum Gasteiger partial charge on any atom is 0.302 e. The van der Waals surface area contributed by atoms with Crippen LogP contribution in [0.1, 0.15) is 65.2 Å². The monoisotopic (exact) mass is 272 g/mol. The summed E-state index contributed by atoms with van der Waals surface area (Å²) in [6.45, 7) is 4.49. The second-order valence-corrected chi connectivity index (χ2v) is 5.23. The van der Waals surface area contributed by atoms with Gasteiger partial charge >= 0.3 is 5.97 Å². The summed E-state index contributed by atoms with van der Waals surface area (Å²) in [6, 6.07) is 0. The highest BCUT2D eigenvalue weighted by Gasteiger charge is 2.26. The summed E-state index contributed by atoms with van der Waals surface area (Å²) >= 11 is 0. The second-order valence-electron chi connectivity index (χ2n) is 5.23. The minimum atomic E-state index is -0.265. The van der Waals surface area contributed by atoms with Crippen molar-refractivity contribution in [1.29, 1.82) is 0 Å². The molecule has 0 spiro atoms. The molecule has 0 aromatic rings. The Kier molecular flexibility index (Phi) is 8.84. The fraction of sp³-hybridized carbons (Fsp3) is 0.933. The van der Waals surface area contributed by atoms with Crippen LogP contribution >= 0.6 is 0 Å². The van der Waals surface area contributed by atoms with Crippen LogP contribution in [0, 0.1) is 0 Å². The maximum absolute atomic E-state index is 10.7. The molecule has 1 aliphatic rings. The van der Waals surface area contributed by atoms with Crippen molar-refractivity contribution in [3.63, 3.8) is 0 Å². The minimum Gasteiger partial charge on any atom is -0.463 e. The van der Waals surface area contributed by atoms with Gasteiger partial charge in [0.25, 0.3) is 0 Å². The molecule has 0 amide bonds. The summed E-state index contributed by atoms with van der Waals surface area (Å²) < 4.78 is 16.1. The Balaban J connectivity index is 1.92. The topological polar surface area (TPSA) is 44.8 Å². The Morgan fingerprint density at radius 3 is 2.53 bits per heavy atom. The fourth-order valence-electron chi connectivity index (χ4n) is 2.23. The van der Waals surface area contributed by atoms with Gasteiger partial charge in [0.2, 0.25) is 0 Å². The highest BCUT2D eigenvalue weighted by atomic mass is 16.7. The number of hydrogen-bond donors (Lipinski definition) is 0. The molecule has 112 valence electrons. The lowest BCUT2D eigenvalue weighted by atomic mass is 10.1. The summed E-state index contributed by atoms with van der Waals surface area (Å²) in [5, 5.41) is 0. The third kappa shape index (κ3) is 8.22. The molecule has 1 rings (SSSR count). The van der Waals surface area contributed by atoms with E-state index in [1.807, 2.05) is 0 Å². The number of esters is 1. The molecular formula is C15H28O4. The van der Waals surface area contributed by atoms with Gasteiger partial charge in [0.05, 0.1) is 6.61 Å². The number of rotatable bonds is 10. The van der Waals surface area contributed by atoms with Gasteiger partial charge in [0.1, 0.15) is 12.7 Å². The van der Waals surface area contributed by atoms with Crippen molar-refractivity contribution < 1.29 is 19.0 Å². The number of hydrogen-bond acceptors (Lipinski definition) is 4. The minimum absolute atomic E-state index is 0.0848. The van der Waals surface area contributed by atoms with Crippen LogP contribution < -0.4 is 0 Å². The van der Waals surface area contributed by atoms with E-state index in [0.29, 0.717) is 13.2 Å². The molecule has 4 nitrogen and oxygen atoms in total. The van der Waals surface area contributed by atoms with Gasteiger partial charge in [-0.1, -0.05) is 45.4 Å². The van der Waals surface area contributed by atoms with Crippen LogP contribution in [0.15, 0.2) is 0 Å². The van der Waals surface area contributed by atoms with Crippen LogP contribution in [0.4, 0.5) is 0 Å². The lowest BCUT2D eigenvalue weighted by Crippen LogP contribution is -2.20. The van der Waals surface area contributed by atoms with Crippen LogP contribution in [0.25, 0.3) is 0 Å². The quantitative estimate of drug-likeness (QED) is 0.451. The van der Waals surface area contributed by atoms with Gasteiger partial charge in [-0.3, -0.25) is 4.79 Å². The molecule has 2 atom stereocenters. The van der Waals surface area contributed by atoms with Gasteiger partial charge < -0.3 is 14.2 Å².